The molecule has 20 heavy (non-hydrogen) atoms. The van der Waals surface area contributed by atoms with Gasteiger partial charge in [-0.25, -0.2) is 0 Å². The Hall–Kier alpha value is -1.23. The molecule has 3 nitrogen and oxygen atoms in total. The van der Waals surface area contributed by atoms with E-state index in [0.29, 0.717) is 5.92 Å². The van der Waals surface area contributed by atoms with Gasteiger partial charge in [0.2, 0.25) is 0 Å². The molecule has 0 amide bonds. The van der Waals surface area contributed by atoms with Crippen LogP contribution < -0.4 is 0 Å². The van der Waals surface area contributed by atoms with Crippen molar-refractivity contribution in [1.82, 2.24) is 9.88 Å². The molecule has 106 valence electrons. The van der Waals surface area contributed by atoms with Crippen molar-refractivity contribution in [3.63, 3.8) is 0 Å². The van der Waals surface area contributed by atoms with Crippen molar-refractivity contribution in [2.75, 3.05) is 13.1 Å². The number of rotatable bonds is 4. The highest BCUT2D eigenvalue weighted by Gasteiger charge is 2.26. The second kappa shape index (κ2) is 6.48. The summed E-state index contributed by atoms with van der Waals surface area (Å²) in [7, 11) is 0. The predicted molar refractivity (Wildman–Crippen MR) is 81.5 cm³/mol. The lowest BCUT2D eigenvalue weighted by Gasteiger charge is -2.33. The molecule has 0 aromatic carbocycles. The van der Waals surface area contributed by atoms with Gasteiger partial charge in [-0.1, -0.05) is 6.07 Å². The van der Waals surface area contributed by atoms with Gasteiger partial charge in [0.25, 0.3) is 0 Å². The van der Waals surface area contributed by atoms with E-state index in [1.165, 1.54) is 5.56 Å². The zero-order chi connectivity index (χ0) is 13.8. The minimum atomic E-state index is -0.417. The van der Waals surface area contributed by atoms with Crippen LogP contribution in [0.2, 0.25) is 0 Å². The fraction of sp³-hybridized carbons (Fsp3) is 0.438. The van der Waals surface area contributed by atoms with E-state index < -0.39 is 6.10 Å². The quantitative estimate of drug-likeness (QED) is 0.939. The van der Waals surface area contributed by atoms with Crippen LogP contribution in [0.5, 0.6) is 0 Å². The molecule has 1 aliphatic rings. The lowest BCUT2D eigenvalue weighted by Crippen LogP contribution is -2.35. The number of piperidine rings is 1. The molecule has 1 N–H and O–H groups in total. The van der Waals surface area contributed by atoms with Gasteiger partial charge in [-0.2, -0.15) is 11.3 Å². The molecule has 1 saturated heterocycles. The number of nitrogens with zero attached hydrogens (tertiary/aromatic N) is 2. The van der Waals surface area contributed by atoms with Gasteiger partial charge in [0.05, 0.1) is 11.8 Å². The Morgan fingerprint density at radius 2 is 2.15 bits per heavy atom. The van der Waals surface area contributed by atoms with Gasteiger partial charge in [-0.05, 0) is 66.4 Å². The summed E-state index contributed by atoms with van der Waals surface area (Å²) < 4.78 is 0. The van der Waals surface area contributed by atoms with Crippen LogP contribution in [0.1, 0.15) is 30.2 Å². The highest BCUT2D eigenvalue weighted by atomic mass is 32.1. The molecule has 0 bridgehead atoms. The third-order valence-corrected chi connectivity index (χ3v) is 4.79. The second-order valence-electron chi connectivity index (χ2n) is 5.44. The van der Waals surface area contributed by atoms with Crippen molar-refractivity contribution in [1.29, 1.82) is 0 Å². The SMILES string of the molecule is OC(c1ccccn1)C1CCN(Cc2ccsc2)CC1. The van der Waals surface area contributed by atoms with E-state index in [4.69, 9.17) is 0 Å². The zero-order valence-corrected chi connectivity index (χ0v) is 12.3. The van der Waals surface area contributed by atoms with E-state index in [-0.39, 0.29) is 0 Å². The Balaban J connectivity index is 1.53. The van der Waals surface area contributed by atoms with E-state index >= 15 is 0 Å². The maximum absolute atomic E-state index is 10.4. The molecule has 2 aromatic heterocycles. The number of aliphatic hydroxyl groups is 1. The molecule has 1 unspecified atom stereocenters. The summed E-state index contributed by atoms with van der Waals surface area (Å²) in [6.45, 7) is 3.16. The Bertz CT molecular complexity index is 507. The van der Waals surface area contributed by atoms with Crippen LogP contribution in [0.4, 0.5) is 0 Å². The van der Waals surface area contributed by atoms with Crippen molar-refractivity contribution in [2.24, 2.45) is 5.92 Å². The van der Waals surface area contributed by atoms with Crippen molar-refractivity contribution in [3.05, 3.63) is 52.5 Å². The summed E-state index contributed by atoms with van der Waals surface area (Å²) in [4.78, 5) is 6.75. The lowest BCUT2D eigenvalue weighted by molar-refractivity contribution is 0.0540. The number of hydrogen-bond donors (Lipinski definition) is 1. The minimum Gasteiger partial charge on any atom is -0.387 e. The average molecular weight is 288 g/mol. The summed E-state index contributed by atoms with van der Waals surface area (Å²) in [5, 5.41) is 14.8. The third kappa shape index (κ3) is 3.26. The molecular weight excluding hydrogens is 268 g/mol. The number of likely N-dealkylation sites (tertiary alicyclic amines) is 1. The standard InChI is InChI=1S/C16H20N2OS/c19-16(15-3-1-2-7-17-15)14-4-8-18(9-5-14)11-13-6-10-20-12-13/h1-3,6-7,10,12,14,16,19H,4-5,8-9,11H2. The van der Waals surface area contributed by atoms with E-state index in [9.17, 15) is 5.11 Å². The largest absolute Gasteiger partial charge is 0.387 e. The summed E-state index contributed by atoms with van der Waals surface area (Å²) in [5.74, 6) is 0.337. The smallest absolute Gasteiger partial charge is 0.0988 e. The summed E-state index contributed by atoms with van der Waals surface area (Å²) >= 11 is 1.76. The Labute approximate surface area is 123 Å². The summed E-state index contributed by atoms with van der Waals surface area (Å²) in [6.07, 6.45) is 3.42. The molecule has 2 aromatic rings. The van der Waals surface area contributed by atoms with E-state index in [2.05, 4.69) is 26.7 Å². The molecule has 3 heterocycles. The molecule has 1 fully saturated rings. The molecule has 0 spiro atoms. The molecule has 0 saturated carbocycles. The molecule has 1 atom stereocenters. The normalized spacial score (nSPS) is 19.1. The van der Waals surface area contributed by atoms with E-state index in [0.717, 1.165) is 38.2 Å². The maximum Gasteiger partial charge on any atom is 0.0988 e. The monoisotopic (exact) mass is 288 g/mol. The second-order valence-corrected chi connectivity index (χ2v) is 6.22. The predicted octanol–water partition coefficient (Wildman–Crippen LogP) is 3.09. The van der Waals surface area contributed by atoms with Crippen molar-refractivity contribution >= 4 is 11.3 Å². The lowest BCUT2D eigenvalue weighted by atomic mass is 9.89. The van der Waals surface area contributed by atoms with Crippen LogP contribution in [-0.4, -0.2) is 28.1 Å². The minimum absolute atomic E-state index is 0.337. The maximum atomic E-state index is 10.4. The van der Waals surface area contributed by atoms with Crippen molar-refractivity contribution < 1.29 is 5.11 Å². The number of aromatic nitrogens is 1. The molecule has 1 aliphatic heterocycles. The summed E-state index contributed by atoms with van der Waals surface area (Å²) in [6, 6.07) is 7.94. The van der Waals surface area contributed by atoms with Gasteiger partial charge in [0, 0.05) is 12.7 Å². The van der Waals surface area contributed by atoms with Crippen molar-refractivity contribution in [3.8, 4) is 0 Å². The first-order valence-electron chi connectivity index (χ1n) is 7.15. The number of hydrogen-bond acceptors (Lipinski definition) is 4. The van der Waals surface area contributed by atoms with Crippen LogP contribution >= 0.6 is 11.3 Å². The number of aliphatic hydroxyl groups excluding tert-OH is 1. The average Bonchev–Trinajstić information content (AvgIpc) is 3.01. The zero-order valence-electron chi connectivity index (χ0n) is 11.5. The molecule has 0 radical (unpaired) electrons. The van der Waals surface area contributed by atoms with Crippen LogP contribution in [-0.2, 0) is 6.54 Å². The molecule has 4 heteroatoms. The van der Waals surface area contributed by atoms with E-state index in [1.54, 1.807) is 17.5 Å². The highest BCUT2D eigenvalue weighted by Crippen LogP contribution is 2.30. The first-order valence-corrected chi connectivity index (χ1v) is 8.09. The topological polar surface area (TPSA) is 36.4 Å². The van der Waals surface area contributed by atoms with Crippen LogP contribution in [0.3, 0.4) is 0 Å². The molecule has 0 aliphatic carbocycles. The first-order chi connectivity index (χ1) is 9.83. The van der Waals surface area contributed by atoms with Gasteiger partial charge < -0.3 is 5.11 Å². The highest BCUT2D eigenvalue weighted by molar-refractivity contribution is 7.07. The van der Waals surface area contributed by atoms with Crippen LogP contribution in [0, 0.1) is 5.92 Å². The van der Waals surface area contributed by atoms with Gasteiger partial charge in [-0.15, -0.1) is 0 Å². The summed E-state index contributed by atoms with van der Waals surface area (Å²) in [5.41, 5.74) is 2.21. The third-order valence-electron chi connectivity index (χ3n) is 4.06. The van der Waals surface area contributed by atoms with Gasteiger partial charge in [-0.3, -0.25) is 9.88 Å². The number of pyridine rings is 1. The fourth-order valence-electron chi connectivity index (χ4n) is 2.86. The first kappa shape index (κ1) is 13.7. The Morgan fingerprint density at radius 1 is 1.30 bits per heavy atom. The Morgan fingerprint density at radius 3 is 2.80 bits per heavy atom. The van der Waals surface area contributed by atoms with E-state index in [1.807, 2.05) is 18.2 Å². The fourth-order valence-corrected chi connectivity index (χ4v) is 3.52. The van der Waals surface area contributed by atoms with Crippen LogP contribution in [0.25, 0.3) is 0 Å². The van der Waals surface area contributed by atoms with Gasteiger partial charge in [0.15, 0.2) is 0 Å². The van der Waals surface area contributed by atoms with Crippen molar-refractivity contribution in [2.45, 2.75) is 25.5 Å². The molecule has 3 rings (SSSR count). The number of thiophene rings is 1. The van der Waals surface area contributed by atoms with Crippen LogP contribution in [0.15, 0.2) is 41.2 Å². The molecular formula is C16H20N2OS. The Kier molecular flexibility index (Phi) is 4.45. The van der Waals surface area contributed by atoms with Gasteiger partial charge in [0.1, 0.15) is 0 Å². The van der Waals surface area contributed by atoms with Gasteiger partial charge >= 0.3 is 0 Å².